The summed E-state index contributed by atoms with van der Waals surface area (Å²) in [5, 5.41) is 5.59. The van der Waals surface area contributed by atoms with Gasteiger partial charge in [-0.1, -0.05) is 42.5 Å². The van der Waals surface area contributed by atoms with Crippen molar-refractivity contribution in [2.24, 2.45) is 0 Å². The molecule has 110 valence electrons. The largest absolute Gasteiger partial charge is 0.331 e. The van der Waals surface area contributed by atoms with E-state index < -0.39 is 0 Å². The van der Waals surface area contributed by atoms with Gasteiger partial charge in [0.1, 0.15) is 5.82 Å². The van der Waals surface area contributed by atoms with Crippen LogP contribution < -0.4 is 10.6 Å². The van der Waals surface area contributed by atoms with E-state index in [4.69, 9.17) is 0 Å². The zero-order valence-electron chi connectivity index (χ0n) is 12.1. The van der Waals surface area contributed by atoms with Crippen molar-refractivity contribution in [1.82, 2.24) is 9.97 Å². The Kier molecular flexibility index (Phi) is 3.87. The van der Waals surface area contributed by atoms with Crippen molar-refractivity contribution in [3.05, 3.63) is 66.6 Å². The molecule has 0 unspecified atom stereocenters. The number of nitrogens with zero attached hydrogens (tertiary/aromatic N) is 1. The van der Waals surface area contributed by atoms with Crippen molar-refractivity contribution in [1.29, 1.82) is 0 Å². The fourth-order valence-electron chi connectivity index (χ4n) is 2.23. The summed E-state index contributed by atoms with van der Waals surface area (Å²) in [5.41, 5.74) is 3.88. The first-order valence-electron chi connectivity index (χ1n) is 6.95. The molecule has 0 aliphatic heterocycles. The maximum Gasteiger partial charge on any atom is 0.324 e. The number of aromatic nitrogens is 2. The van der Waals surface area contributed by atoms with Crippen molar-refractivity contribution in [2.75, 3.05) is 10.6 Å². The Bertz CT molecular complexity index is 767. The van der Waals surface area contributed by atoms with Crippen LogP contribution in [0.5, 0.6) is 0 Å². The zero-order valence-corrected chi connectivity index (χ0v) is 12.1. The normalized spacial score (nSPS) is 10.2. The lowest BCUT2D eigenvalue weighted by Gasteiger charge is -2.12. The molecule has 1 heterocycles. The molecule has 0 aliphatic rings. The highest BCUT2D eigenvalue weighted by Crippen LogP contribution is 2.28. The molecule has 0 radical (unpaired) electrons. The molecule has 0 bridgehead atoms. The molecule has 3 N–H and O–H groups in total. The summed E-state index contributed by atoms with van der Waals surface area (Å²) in [6.45, 7) is 1.99. The van der Waals surface area contributed by atoms with Gasteiger partial charge in [0.25, 0.3) is 0 Å². The molecule has 3 rings (SSSR count). The van der Waals surface area contributed by atoms with Crippen molar-refractivity contribution in [3.63, 3.8) is 0 Å². The number of hydrogen-bond donors (Lipinski definition) is 3. The first-order chi connectivity index (χ1) is 10.7. The number of amides is 2. The van der Waals surface area contributed by atoms with E-state index in [1.54, 1.807) is 6.20 Å². The second kappa shape index (κ2) is 6.13. The van der Waals surface area contributed by atoms with E-state index in [1.165, 1.54) is 6.33 Å². The Hall–Kier alpha value is -3.08. The predicted molar refractivity (Wildman–Crippen MR) is 87.8 cm³/mol. The van der Waals surface area contributed by atoms with E-state index in [-0.39, 0.29) is 6.03 Å². The fourth-order valence-corrected chi connectivity index (χ4v) is 2.23. The third kappa shape index (κ3) is 3.15. The highest BCUT2D eigenvalue weighted by molar-refractivity contribution is 6.01. The first kappa shape index (κ1) is 13.9. The van der Waals surface area contributed by atoms with Gasteiger partial charge >= 0.3 is 6.03 Å². The number of carbonyl (C=O) groups excluding carboxylic acids is 1. The summed E-state index contributed by atoms with van der Waals surface area (Å²) in [5.74, 6) is 0.548. The lowest BCUT2D eigenvalue weighted by Crippen LogP contribution is -2.20. The monoisotopic (exact) mass is 292 g/mol. The van der Waals surface area contributed by atoms with Gasteiger partial charge in [-0.3, -0.25) is 5.32 Å². The van der Waals surface area contributed by atoms with Crippen LogP contribution in [-0.2, 0) is 0 Å². The Morgan fingerprint density at radius 2 is 1.91 bits per heavy atom. The molecule has 0 spiro atoms. The second-order valence-corrected chi connectivity index (χ2v) is 4.96. The molecule has 1 aromatic heterocycles. The lowest BCUT2D eigenvalue weighted by atomic mass is 10.0. The number of rotatable bonds is 3. The van der Waals surface area contributed by atoms with E-state index in [0.717, 1.165) is 22.4 Å². The van der Waals surface area contributed by atoms with Crippen molar-refractivity contribution in [3.8, 4) is 11.1 Å². The van der Waals surface area contributed by atoms with Crippen LogP contribution in [-0.4, -0.2) is 16.0 Å². The van der Waals surface area contributed by atoms with Crippen molar-refractivity contribution < 1.29 is 4.79 Å². The van der Waals surface area contributed by atoms with E-state index >= 15 is 0 Å². The summed E-state index contributed by atoms with van der Waals surface area (Å²) in [4.78, 5) is 18.8. The van der Waals surface area contributed by atoms with E-state index in [9.17, 15) is 4.79 Å². The van der Waals surface area contributed by atoms with Gasteiger partial charge in [0.05, 0.1) is 18.2 Å². The second-order valence-electron chi connectivity index (χ2n) is 4.96. The Balaban J connectivity index is 1.86. The minimum absolute atomic E-state index is 0.313. The van der Waals surface area contributed by atoms with Crippen molar-refractivity contribution >= 4 is 17.5 Å². The van der Waals surface area contributed by atoms with Crippen molar-refractivity contribution in [2.45, 2.75) is 6.92 Å². The number of hydrogen-bond acceptors (Lipinski definition) is 2. The maximum atomic E-state index is 12.1. The van der Waals surface area contributed by atoms with E-state index in [2.05, 4.69) is 20.6 Å². The Morgan fingerprint density at radius 1 is 1.09 bits per heavy atom. The molecule has 5 nitrogen and oxygen atoms in total. The number of imidazole rings is 1. The zero-order chi connectivity index (χ0) is 15.4. The molecule has 0 aliphatic carbocycles. The number of benzene rings is 2. The number of carbonyl (C=O) groups is 1. The van der Waals surface area contributed by atoms with Gasteiger partial charge in [0.15, 0.2) is 0 Å². The summed E-state index contributed by atoms with van der Waals surface area (Å²) in [6.07, 6.45) is 3.06. The lowest BCUT2D eigenvalue weighted by molar-refractivity contribution is 0.262. The highest BCUT2D eigenvalue weighted by Gasteiger charge is 2.09. The smallest absolute Gasteiger partial charge is 0.324 e. The van der Waals surface area contributed by atoms with Gasteiger partial charge in [0.2, 0.25) is 0 Å². The van der Waals surface area contributed by atoms with E-state index in [1.807, 2.05) is 55.5 Å². The molecule has 0 atom stereocenters. The van der Waals surface area contributed by atoms with Gasteiger partial charge in [-0.15, -0.1) is 0 Å². The maximum absolute atomic E-state index is 12.1. The van der Waals surface area contributed by atoms with Crippen LogP contribution in [0.4, 0.5) is 16.3 Å². The number of urea groups is 1. The van der Waals surface area contributed by atoms with Crippen LogP contribution in [0.25, 0.3) is 11.1 Å². The minimum atomic E-state index is -0.313. The predicted octanol–water partition coefficient (Wildman–Crippen LogP) is 4.03. The summed E-state index contributed by atoms with van der Waals surface area (Å²) >= 11 is 0. The molecule has 2 amide bonds. The van der Waals surface area contributed by atoms with Gasteiger partial charge in [-0.05, 0) is 24.1 Å². The number of H-pyrrole nitrogens is 1. The molecule has 0 saturated carbocycles. The van der Waals surface area contributed by atoms with Crippen LogP contribution in [0, 0.1) is 6.92 Å². The summed E-state index contributed by atoms with van der Waals surface area (Å²) in [7, 11) is 0. The number of nitrogens with one attached hydrogen (secondary N) is 3. The van der Waals surface area contributed by atoms with Gasteiger partial charge < -0.3 is 10.3 Å². The molecule has 22 heavy (non-hydrogen) atoms. The summed E-state index contributed by atoms with van der Waals surface area (Å²) < 4.78 is 0. The van der Waals surface area contributed by atoms with Crippen LogP contribution in [0.2, 0.25) is 0 Å². The van der Waals surface area contributed by atoms with Gasteiger partial charge in [-0.25, -0.2) is 9.78 Å². The molecular formula is C17H16N4O. The van der Waals surface area contributed by atoms with Crippen LogP contribution in [0.15, 0.2) is 61.1 Å². The SMILES string of the molecule is Cc1ccc(-c2ccccc2)c(NC(=O)Nc2cnc[nH]2)c1. The summed E-state index contributed by atoms with van der Waals surface area (Å²) in [6, 6.07) is 15.6. The Labute approximate surface area is 128 Å². The quantitative estimate of drug-likeness (QED) is 0.682. The average molecular weight is 292 g/mol. The van der Waals surface area contributed by atoms with Crippen LogP contribution in [0.1, 0.15) is 5.56 Å². The van der Waals surface area contributed by atoms with Crippen LogP contribution in [0.3, 0.4) is 0 Å². The first-order valence-corrected chi connectivity index (χ1v) is 6.95. The number of aryl methyl sites for hydroxylation is 1. The van der Waals surface area contributed by atoms with E-state index in [0.29, 0.717) is 5.82 Å². The fraction of sp³-hybridized carbons (Fsp3) is 0.0588. The molecule has 2 aromatic carbocycles. The highest BCUT2D eigenvalue weighted by atomic mass is 16.2. The Morgan fingerprint density at radius 3 is 2.64 bits per heavy atom. The van der Waals surface area contributed by atoms with Gasteiger partial charge in [0, 0.05) is 5.56 Å². The third-order valence-electron chi connectivity index (χ3n) is 3.25. The minimum Gasteiger partial charge on any atom is -0.331 e. The topological polar surface area (TPSA) is 69.8 Å². The molecule has 5 heteroatoms. The molecule has 3 aromatic rings. The average Bonchev–Trinajstić information content (AvgIpc) is 3.01. The standard InChI is InChI=1S/C17H16N4O/c1-12-7-8-14(13-5-3-2-4-6-13)15(9-12)20-17(22)21-16-10-18-11-19-16/h2-11H,1H3,(H,18,19)(H2,20,21,22). The third-order valence-corrected chi connectivity index (χ3v) is 3.25. The molecule has 0 fully saturated rings. The van der Waals surface area contributed by atoms with Crippen LogP contribution >= 0.6 is 0 Å². The molecular weight excluding hydrogens is 276 g/mol. The molecule has 0 saturated heterocycles. The van der Waals surface area contributed by atoms with Gasteiger partial charge in [-0.2, -0.15) is 0 Å². The number of aromatic amines is 1. The number of anilines is 2.